The molecule has 0 bridgehead atoms. The van der Waals surface area contributed by atoms with Crippen molar-refractivity contribution in [3.63, 3.8) is 0 Å². The van der Waals surface area contributed by atoms with E-state index in [2.05, 4.69) is 5.32 Å². The first kappa shape index (κ1) is 21.6. The van der Waals surface area contributed by atoms with Gasteiger partial charge in [-0.1, -0.05) is 36.4 Å². The molecule has 2 aromatic carbocycles. The number of carbonyl (C=O) groups excluding carboxylic acids is 1. The number of hydrogen-bond acceptors (Lipinski definition) is 5. The largest absolute Gasteiger partial charge is 0.462 e. The number of ether oxygens (including phenoxy) is 2. The van der Waals surface area contributed by atoms with Crippen molar-refractivity contribution in [2.75, 3.05) is 18.7 Å². The number of benzene rings is 2. The van der Waals surface area contributed by atoms with Crippen LogP contribution in [0.4, 0.5) is 5.69 Å². The summed E-state index contributed by atoms with van der Waals surface area (Å²) in [4.78, 5) is 25.8. The molecule has 1 amide bonds. The van der Waals surface area contributed by atoms with Crippen molar-refractivity contribution in [2.45, 2.75) is 25.8 Å². The normalized spacial score (nSPS) is 14.9. The summed E-state index contributed by atoms with van der Waals surface area (Å²) in [5, 5.41) is 13.5. The first-order chi connectivity index (χ1) is 15.6. The van der Waals surface area contributed by atoms with E-state index in [-0.39, 0.29) is 43.2 Å². The molecule has 1 aromatic heterocycles. The van der Waals surface area contributed by atoms with Gasteiger partial charge in [-0.15, -0.1) is 0 Å². The lowest BCUT2D eigenvalue weighted by atomic mass is 9.94. The maximum absolute atomic E-state index is 13.0. The van der Waals surface area contributed by atoms with Crippen LogP contribution < -0.4 is 10.9 Å². The van der Waals surface area contributed by atoms with E-state index < -0.39 is 0 Å². The van der Waals surface area contributed by atoms with E-state index in [9.17, 15) is 14.7 Å². The zero-order valence-electron chi connectivity index (χ0n) is 17.9. The molecule has 3 aromatic rings. The number of hydrogen-bond donors (Lipinski definition) is 2. The highest BCUT2D eigenvalue weighted by Crippen LogP contribution is 2.27. The van der Waals surface area contributed by atoms with E-state index in [4.69, 9.17) is 9.47 Å². The summed E-state index contributed by atoms with van der Waals surface area (Å²) in [7, 11) is 0. The first-order valence-corrected chi connectivity index (χ1v) is 10.6. The van der Waals surface area contributed by atoms with Gasteiger partial charge in [0.1, 0.15) is 12.0 Å². The van der Waals surface area contributed by atoms with Crippen LogP contribution in [0.2, 0.25) is 0 Å². The molecule has 7 heteroatoms. The third-order valence-corrected chi connectivity index (χ3v) is 5.64. The lowest BCUT2D eigenvalue weighted by molar-refractivity contribution is -0.117. The van der Waals surface area contributed by atoms with Crippen LogP contribution in [0, 0.1) is 5.92 Å². The number of aliphatic hydroxyl groups excluding tert-OH is 1. The average Bonchev–Trinajstić information content (AvgIpc) is 3.34. The minimum Gasteiger partial charge on any atom is -0.462 e. The number of pyridine rings is 1. The number of fused-ring (bicyclic) bond motifs is 1. The smallest absolute Gasteiger partial charge is 0.258 e. The number of carbonyl (C=O) groups is 1. The van der Waals surface area contributed by atoms with E-state index in [0.717, 1.165) is 5.56 Å². The van der Waals surface area contributed by atoms with Crippen molar-refractivity contribution in [2.24, 2.45) is 5.92 Å². The van der Waals surface area contributed by atoms with Crippen molar-refractivity contribution in [3.8, 4) is 0 Å². The lowest BCUT2D eigenvalue weighted by Gasteiger charge is -2.18. The summed E-state index contributed by atoms with van der Waals surface area (Å²) in [6.45, 7) is 1.80. The molecular weight excluding hydrogens is 408 g/mol. The van der Waals surface area contributed by atoms with Crippen LogP contribution in [-0.4, -0.2) is 29.0 Å². The number of nitrogens with one attached hydrogen (secondary N) is 1. The van der Waals surface area contributed by atoms with Gasteiger partial charge < -0.3 is 24.5 Å². The number of nitrogens with zero attached hydrogens (tertiary/aromatic N) is 1. The second kappa shape index (κ2) is 9.70. The van der Waals surface area contributed by atoms with E-state index in [0.29, 0.717) is 28.6 Å². The second-order valence-electron chi connectivity index (χ2n) is 7.91. The highest BCUT2D eigenvalue weighted by atomic mass is 16.7. The van der Waals surface area contributed by atoms with Crippen LogP contribution >= 0.6 is 0 Å². The summed E-state index contributed by atoms with van der Waals surface area (Å²) in [6.07, 6.45) is 4.07. The Kier molecular flexibility index (Phi) is 6.56. The fourth-order valence-corrected chi connectivity index (χ4v) is 3.90. The number of rotatable bonds is 8. The Labute approximate surface area is 185 Å². The standard InChI is InChI=1S/C25H26N2O5/c1-17(14-28)27-11-10-20-21(25(27)30)8-5-9-22(20)26-24(29)13-19(23-15-31-16-32-23)12-18-6-3-2-4-7-18/h2-11,15,17,19,28H,12-14,16H2,1H3,(H,26,29). The van der Waals surface area contributed by atoms with E-state index >= 15 is 0 Å². The molecule has 32 heavy (non-hydrogen) atoms. The molecule has 0 spiro atoms. The zero-order valence-corrected chi connectivity index (χ0v) is 17.9. The van der Waals surface area contributed by atoms with Gasteiger partial charge >= 0.3 is 0 Å². The maximum atomic E-state index is 13.0. The fourth-order valence-electron chi connectivity index (χ4n) is 3.90. The zero-order chi connectivity index (χ0) is 22.5. The van der Waals surface area contributed by atoms with Gasteiger partial charge in [-0.3, -0.25) is 9.59 Å². The molecule has 2 atom stereocenters. The van der Waals surface area contributed by atoms with Crippen molar-refractivity contribution >= 4 is 22.4 Å². The molecule has 0 saturated heterocycles. The number of anilines is 1. The van der Waals surface area contributed by atoms with Crippen molar-refractivity contribution in [3.05, 3.63) is 88.7 Å². The topological polar surface area (TPSA) is 89.8 Å². The number of allylic oxidation sites excluding steroid dienone is 1. The lowest BCUT2D eigenvalue weighted by Crippen LogP contribution is -2.25. The summed E-state index contributed by atoms with van der Waals surface area (Å²) in [6, 6.07) is 16.6. The molecule has 0 radical (unpaired) electrons. The Balaban J connectivity index is 1.55. The molecule has 0 aliphatic carbocycles. The van der Waals surface area contributed by atoms with Crippen molar-refractivity contribution in [1.29, 1.82) is 0 Å². The quantitative estimate of drug-likeness (QED) is 0.566. The molecule has 166 valence electrons. The Bertz CT molecular complexity index is 1190. The van der Waals surface area contributed by atoms with Crippen LogP contribution in [0.3, 0.4) is 0 Å². The molecule has 1 aliphatic rings. The number of aliphatic hydroxyl groups is 1. The van der Waals surface area contributed by atoms with Gasteiger partial charge in [-0.05, 0) is 37.1 Å². The highest BCUT2D eigenvalue weighted by Gasteiger charge is 2.24. The van der Waals surface area contributed by atoms with Gasteiger partial charge in [0.25, 0.3) is 5.56 Å². The van der Waals surface area contributed by atoms with Gasteiger partial charge in [0.05, 0.1) is 12.6 Å². The third-order valence-electron chi connectivity index (χ3n) is 5.64. The van der Waals surface area contributed by atoms with Crippen LogP contribution in [0.15, 0.2) is 77.6 Å². The molecule has 2 N–H and O–H groups in total. The fraction of sp³-hybridized carbons (Fsp3) is 0.280. The van der Waals surface area contributed by atoms with Gasteiger partial charge in [0, 0.05) is 35.0 Å². The third kappa shape index (κ3) is 4.68. The Morgan fingerprint density at radius 1 is 1.12 bits per heavy atom. The van der Waals surface area contributed by atoms with Gasteiger partial charge in [0.2, 0.25) is 12.7 Å². The SMILES string of the molecule is CC(CO)n1ccc2c(NC(=O)CC(Cc3ccccc3)C3=COCO3)cccc2c1=O. The van der Waals surface area contributed by atoms with Crippen molar-refractivity contribution < 1.29 is 19.4 Å². The summed E-state index contributed by atoms with van der Waals surface area (Å²) in [5.74, 6) is 0.308. The predicted molar refractivity (Wildman–Crippen MR) is 122 cm³/mol. The van der Waals surface area contributed by atoms with Crippen LogP contribution in [0.1, 0.15) is 24.9 Å². The Morgan fingerprint density at radius 2 is 1.94 bits per heavy atom. The number of amides is 1. The first-order valence-electron chi connectivity index (χ1n) is 10.6. The highest BCUT2D eigenvalue weighted by molar-refractivity contribution is 6.01. The van der Waals surface area contributed by atoms with E-state index in [1.165, 1.54) is 4.57 Å². The van der Waals surface area contributed by atoms with Crippen LogP contribution in [0.25, 0.3) is 10.8 Å². The van der Waals surface area contributed by atoms with Crippen LogP contribution in [-0.2, 0) is 20.7 Å². The minimum absolute atomic E-state index is 0.133. The van der Waals surface area contributed by atoms with Gasteiger partial charge in [-0.2, -0.15) is 0 Å². The predicted octanol–water partition coefficient (Wildman–Crippen LogP) is 3.59. The molecular formula is C25H26N2O5. The Morgan fingerprint density at radius 3 is 2.66 bits per heavy atom. The molecule has 0 fully saturated rings. The Hall–Kier alpha value is -3.58. The second-order valence-corrected chi connectivity index (χ2v) is 7.91. The molecule has 2 heterocycles. The van der Waals surface area contributed by atoms with Crippen molar-refractivity contribution in [1.82, 2.24) is 4.57 Å². The van der Waals surface area contributed by atoms with Gasteiger partial charge in [0.15, 0.2) is 0 Å². The molecule has 1 aliphatic heterocycles. The molecule has 0 saturated carbocycles. The summed E-state index contributed by atoms with van der Waals surface area (Å²) >= 11 is 0. The average molecular weight is 434 g/mol. The van der Waals surface area contributed by atoms with E-state index in [1.807, 2.05) is 30.3 Å². The van der Waals surface area contributed by atoms with Gasteiger partial charge in [-0.25, -0.2) is 0 Å². The summed E-state index contributed by atoms with van der Waals surface area (Å²) in [5.41, 5.74) is 1.47. The van der Waals surface area contributed by atoms with E-state index in [1.54, 1.807) is 43.6 Å². The maximum Gasteiger partial charge on any atom is 0.258 e. The monoisotopic (exact) mass is 434 g/mol. The summed E-state index contributed by atoms with van der Waals surface area (Å²) < 4.78 is 12.3. The minimum atomic E-state index is -0.328. The number of aromatic nitrogens is 1. The molecule has 4 rings (SSSR count). The molecule has 7 nitrogen and oxygen atoms in total. The van der Waals surface area contributed by atoms with Crippen LogP contribution in [0.5, 0.6) is 0 Å². The molecule has 2 unspecified atom stereocenters.